The molecule has 0 radical (unpaired) electrons. The average molecular weight is 440 g/mol. The number of rotatable bonds is 7. The second-order valence-corrected chi connectivity index (χ2v) is 9.60. The van der Waals surface area contributed by atoms with Crippen molar-refractivity contribution in [3.63, 3.8) is 0 Å². The summed E-state index contributed by atoms with van der Waals surface area (Å²) in [5, 5.41) is 7.77. The van der Waals surface area contributed by atoms with Crippen LogP contribution in [0.3, 0.4) is 0 Å². The number of carbonyl (C=O) groups is 2. The van der Waals surface area contributed by atoms with Gasteiger partial charge in [-0.25, -0.2) is 4.98 Å². The molecule has 1 saturated heterocycles. The summed E-state index contributed by atoms with van der Waals surface area (Å²) in [4.78, 5) is 32.1. The number of benzene rings is 1. The zero-order chi connectivity index (χ0) is 21.1. The molecule has 1 aromatic carbocycles. The largest absolute Gasteiger partial charge is 0.344 e. The van der Waals surface area contributed by atoms with Gasteiger partial charge in [0.25, 0.3) is 0 Å². The number of hydrogen-bond acceptors (Lipinski definition) is 5. The monoisotopic (exact) mass is 439 g/mol. The maximum Gasteiger partial charge on any atom is 0.228 e. The van der Waals surface area contributed by atoms with Crippen LogP contribution in [0.25, 0.3) is 0 Å². The van der Waals surface area contributed by atoms with Crippen LogP contribution in [0.5, 0.6) is 0 Å². The fourth-order valence-electron chi connectivity index (χ4n) is 3.58. The topological polar surface area (TPSA) is 62.3 Å². The summed E-state index contributed by atoms with van der Waals surface area (Å²) in [6.07, 6.45) is 1.64. The minimum atomic E-state index is -0.183. The standard InChI is InChI=1S/C23H25N3O2S2/c1-15(2)16-7-9-17(10-8-16)22(19-5-4-12-29-19)25-20(27)13-18-14-30-23(24-18)26-11-3-6-21(26)28/h4-5,7-10,12,14-15,22H,3,6,11,13H2,1-2H3,(H,25,27). The Morgan fingerprint density at radius 3 is 2.57 bits per heavy atom. The highest BCUT2D eigenvalue weighted by Gasteiger charge is 2.25. The van der Waals surface area contributed by atoms with E-state index in [1.54, 1.807) is 16.2 Å². The molecular formula is C23H25N3O2S2. The lowest BCUT2D eigenvalue weighted by Gasteiger charge is -2.19. The second kappa shape index (κ2) is 9.10. The minimum absolute atomic E-state index is 0.0778. The number of aromatic nitrogens is 1. The molecule has 1 fully saturated rings. The number of amides is 2. The predicted molar refractivity (Wildman–Crippen MR) is 122 cm³/mol. The first-order valence-corrected chi connectivity index (χ1v) is 11.9. The molecule has 2 aromatic heterocycles. The summed E-state index contributed by atoms with van der Waals surface area (Å²) in [7, 11) is 0. The van der Waals surface area contributed by atoms with Crippen molar-refractivity contribution < 1.29 is 9.59 Å². The normalized spacial score (nSPS) is 15.0. The van der Waals surface area contributed by atoms with E-state index in [0.717, 1.165) is 16.9 Å². The van der Waals surface area contributed by atoms with Crippen molar-refractivity contribution in [1.29, 1.82) is 0 Å². The molecule has 1 aliphatic rings. The molecule has 1 unspecified atom stereocenters. The number of nitrogens with zero attached hydrogens (tertiary/aromatic N) is 2. The van der Waals surface area contributed by atoms with Gasteiger partial charge in [-0.3, -0.25) is 14.5 Å². The van der Waals surface area contributed by atoms with Crippen LogP contribution in [0, 0.1) is 0 Å². The van der Waals surface area contributed by atoms with E-state index < -0.39 is 0 Å². The molecule has 156 valence electrons. The van der Waals surface area contributed by atoms with Crippen LogP contribution < -0.4 is 10.2 Å². The summed E-state index contributed by atoms with van der Waals surface area (Å²) < 4.78 is 0. The Morgan fingerprint density at radius 1 is 1.17 bits per heavy atom. The van der Waals surface area contributed by atoms with Crippen molar-refractivity contribution >= 4 is 39.6 Å². The average Bonchev–Trinajstić information content (AvgIpc) is 3.48. The molecule has 2 amide bonds. The maximum atomic E-state index is 12.8. The Hall–Kier alpha value is -2.51. The van der Waals surface area contributed by atoms with E-state index in [1.165, 1.54) is 16.9 Å². The van der Waals surface area contributed by atoms with Crippen LogP contribution in [0.1, 0.15) is 60.3 Å². The molecule has 7 heteroatoms. The Kier molecular flexibility index (Phi) is 6.29. The van der Waals surface area contributed by atoms with E-state index in [2.05, 4.69) is 48.4 Å². The van der Waals surface area contributed by atoms with Gasteiger partial charge in [0.2, 0.25) is 11.8 Å². The summed E-state index contributed by atoms with van der Waals surface area (Å²) >= 11 is 3.06. The first-order valence-electron chi connectivity index (χ1n) is 10.2. The van der Waals surface area contributed by atoms with E-state index >= 15 is 0 Å². The molecule has 1 atom stereocenters. The van der Waals surface area contributed by atoms with Crippen LogP contribution in [0.2, 0.25) is 0 Å². The van der Waals surface area contributed by atoms with Crippen LogP contribution in [-0.2, 0) is 16.0 Å². The van der Waals surface area contributed by atoms with Crippen LogP contribution in [-0.4, -0.2) is 23.3 Å². The molecule has 1 N–H and O–H groups in total. The number of carbonyl (C=O) groups excluding carboxylic acids is 2. The molecule has 3 heterocycles. The summed E-state index contributed by atoms with van der Waals surface area (Å²) in [5.41, 5.74) is 3.05. The Bertz CT molecular complexity index is 1010. The SMILES string of the molecule is CC(C)c1ccc(C(NC(=O)Cc2csc(N3CCCC3=O)n2)c2cccs2)cc1. The van der Waals surface area contributed by atoms with Crippen molar-refractivity contribution in [2.75, 3.05) is 11.4 Å². The van der Waals surface area contributed by atoms with Gasteiger partial charge in [-0.2, -0.15) is 0 Å². The third-order valence-electron chi connectivity index (χ3n) is 5.26. The number of thiazole rings is 1. The highest BCUT2D eigenvalue weighted by molar-refractivity contribution is 7.14. The third kappa shape index (κ3) is 4.63. The molecule has 0 saturated carbocycles. The zero-order valence-electron chi connectivity index (χ0n) is 17.1. The lowest BCUT2D eigenvalue weighted by Crippen LogP contribution is -2.30. The van der Waals surface area contributed by atoms with Crippen molar-refractivity contribution in [2.45, 2.75) is 45.1 Å². The van der Waals surface area contributed by atoms with Gasteiger partial charge >= 0.3 is 0 Å². The van der Waals surface area contributed by atoms with E-state index in [-0.39, 0.29) is 24.3 Å². The first kappa shape index (κ1) is 20.8. The summed E-state index contributed by atoms with van der Waals surface area (Å²) in [5.74, 6) is 0.504. The maximum absolute atomic E-state index is 12.8. The Morgan fingerprint density at radius 2 is 1.93 bits per heavy atom. The predicted octanol–water partition coefficient (Wildman–Crippen LogP) is 4.90. The lowest BCUT2D eigenvalue weighted by atomic mass is 9.98. The smallest absolute Gasteiger partial charge is 0.228 e. The zero-order valence-corrected chi connectivity index (χ0v) is 18.8. The molecule has 0 spiro atoms. The quantitative estimate of drug-likeness (QED) is 0.569. The molecule has 0 aliphatic carbocycles. The fraction of sp³-hybridized carbons (Fsp3) is 0.348. The van der Waals surface area contributed by atoms with E-state index in [0.29, 0.717) is 29.7 Å². The highest BCUT2D eigenvalue weighted by Crippen LogP contribution is 2.28. The molecule has 4 rings (SSSR count). The van der Waals surface area contributed by atoms with Crippen LogP contribution in [0.15, 0.2) is 47.2 Å². The van der Waals surface area contributed by atoms with E-state index in [4.69, 9.17) is 0 Å². The van der Waals surface area contributed by atoms with Gasteiger partial charge in [-0.15, -0.1) is 22.7 Å². The minimum Gasteiger partial charge on any atom is -0.344 e. The van der Waals surface area contributed by atoms with Gasteiger partial charge < -0.3 is 5.32 Å². The summed E-state index contributed by atoms with van der Waals surface area (Å²) in [6, 6.07) is 12.3. The molecule has 30 heavy (non-hydrogen) atoms. The molecule has 3 aromatic rings. The van der Waals surface area contributed by atoms with Crippen LogP contribution in [0.4, 0.5) is 5.13 Å². The van der Waals surface area contributed by atoms with Crippen molar-refractivity contribution in [3.05, 3.63) is 68.9 Å². The second-order valence-electron chi connectivity index (χ2n) is 7.78. The Balaban J connectivity index is 1.47. The van der Waals surface area contributed by atoms with Gasteiger partial charge in [-0.1, -0.05) is 44.2 Å². The Labute approximate surface area is 184 Å². The highest BCUT2D eigenvalue weighted by atomic mass is 32.1. The number of hydrogen-bond donors (Lipinski definition) is 1. The molecule has 0 bridgehead atoms. The third-order valence-corrected chi connectivity index (χ3v) is 7.10. The van der Waals surface area contributed by atoms with Crippen molar-refractivity contribution in [1.82, 2.24) is 10.3 Å². The number of anilines is 1. The van der Waals surface area contributed by atoms with Gasteiger partial charge in [0.05, 0.1) is 18.2 Å². The fourth-order valence-corrected chi connectivity index (χ4v) is 5.25. The lowest BCUT2D eigenvalue weighted by molar-refractivity contribution is -0.121. The van der Waals surface area contributed by atoms with Gasteiger partial charge in [-0.05, 0) is 34.9 Å². The van der Waals surface area contributed by atoms with Gasteiger partial charge in [0.15, 0.2) is 5.13 Å². The first-order chi connectivity index (χ1) is 14.5. The van der Waals surface area contributed by atoms with E-state index in [1.807, 2.05) is 22.9 Å². The van der Waals surface area contributed by atoms with Crippen LogP contribution >= 0.6 is 22.7 Å². The van der Waals surface area contributed by atoms with Crippen molar-refractivity contribution in [2.24, 2.45) is 0 Å². The molecular weight excluding hydrogens is 414 g/mol. The number of nitrogens with one attached hydrogen (secondary N) is 1. The van der Waals surface area contributed by atoms with Gasteiger partial charge in [0, 0.05) is 23.2 Å². The van der Waals surface area contributed by atoms with Crippen molar-refractivity contribution in [3.8, 4) is 0 Å². The van der Waals surface area contributed by atoms with E-state index in [9.17, 15) is 9.59 Å². The number of thiophene rings is 1. The van der Waals surface area contributed by atoms with Gasteiger partial charge in [0.1, 0.15) is 0 Å². The molecule has 5 nitrogen and oxygen atoms in total. The molecule has 1 aliphatic heterocycles. The summed E-state index contributed by atoms with van der Waals surface area (Å²) in [6.45, 7) is 5.06.